The van der Waals surface area contributed by atoms with Crippen LogP contribution in [0.15, 0.2) is 72.8 Å². The molecule has 0 spiro atoms. The van der Waals surface area contributed by atoms with Gasteiger partial charge in [0.25, 0.3) is 0 Å². The predicted molar refractivity (Wildman–Crippen MR) is 144 cm³/mol. The Morgan fingerprint density at radius 3 is 1.00 bits per heavy atom. The summed E-state index contributed by atoms with van der Waals surface area (Å²) >= 11 is 0. The lowest BCUT2D eigenvalue weighted by molar-refractivity contribution is 0.380. The Morgan fingerprint density at radius 1 is 0.471 bits per heavy atom. The maximum absolute atomic E-state index is 6.49. The third-order valence-corrected chi connectivity index (χ3v) is 6.36. The summed E-state index contributed by atoms with van der Waals surface area (Å²) in [5, 5.41) is 0. The molecular weight excluding hydrogens is 439 g/mol. The summed E-state index contributed by atoms with van der Waals surface area (Å²) in [4.78, 5) is 0. The Hall–Kier alpha value is -2.51. The fraction of sp³-hybridized carbons (Fsp3) is 0.400. The van der Waals surface area contributed by atoms with Gasteiger partial charge in [0.2, 0.25) is 0 Å². The number of hydrogen-bond donors (Lipinski definition) is 0. The predicted octanol–water partition coefficient (Wildman–Crippen LogP) is 9.05. The zero-order valence-electron chi connectivity index (χ0n) is 21.5. The van der Waals surface area contributed by atoms with Gasteiger partial charge in [-0.3, -0.25) is 0 Å². The van der Waals surface area contributed by atoms with Gasteiger partial charge in [0.15, 0.2) is 0 Å². The lowest BCUT2D eigenvalue weighted by atomic mass is 10.0. The topological polar surface area (TPSA) is 27.7 Å². The van der Waals surface area contributed by atoms with E-state index in [1.807, 2.05) is 36.4 Å². The molecule has 0 aromatic heterocycles. The van der Waals surface area contributed by atoms with Crippen molar-refractivity contribution in [3.8, 4) is 17.2 Å². The van der Waals surface area contributed by atoms with Crippen molar-refractivity contribution in [3.63, 3.8) is 0 Å². The molecule has 0 saturated heterocycles. The van der Waals surface area contributed by atoms with E-state index in [-0.39, 0.29) is 0 Å². The van der Waals surface area contributed by atoms with E-state index < -0.39 is 8.60 Å². The summed E-state index contributed by atoms with van der Waals surface area (Å²) in [7, 11) is -1.71. The molecule has 0 bridgehead atoms. The van der Waals surface area contributed by atoms with Gasteiger partial charge in [0, 0.05) is 0 Å². The second kappa shape index (κ2) is 12.8. The SMILES string of the molecule is CC(C)Cc1ccccc1OP(Oc1ccccc1CC(C)C)Oc1ccccc1CC(C)C. The number of rotatable bonds is 12. The fourth-order valence-corrected chi connectivity index (χ4v) is 5.03. The van der Waals surface area contributed by atoms with Crippen molar-refractivity contribution in [3.05, 3.63) is 89.5 Å². The quantitative estimate of drug-likeness (QED) is 0.243. The van der Waals surface area contributed by atoms with Gasteiger partial charge in [0.05, 0.1) is 0 Å². The minimum Gasteiger partial charge on any atom is -0.408 e. The molecule has 3 rings (SSSR count). The average Bonchev–Trinajstić information content (AvgIpc) is 2.77. The molecule has 4 heteroatoms. The molecule has 0 saturated carbocycles. The minimum atomic E-state index is -1.71. The van der Waals surface area contributed by atoms with Crippen LogP contribution in [0.4, 0.5) is 0 Å². The molecule has 3 aromatic carbocycles. The van der Waals surface area contributed by atoms with Gasteiger partial charge in [-0.05, 0) is 71.9 Å². The van der Waals surface area contributed by atoms with Crippen LogP contribution >= 0.6 is 8.60 Å². The summed E-state index contributed by atoms with van der Waals surface area (Å²) in [6.07, 6.45) is 2.81. The highest BCUT2D eigenvalue weighted by Gasteiger charge is 2.24. The lowest BCUT2D eigenvalue weighted by Crippen LogP contribution is -2.08. The molecular formula is C30H39O3P. The Balaban J connectivity index is 1.94. The highest BCUT2D eigenvalue weighted by Crippen LogP contribution is 2.45. The van der Waals surface area contributed by atoms with Crippen LogP contribution in [0.2, 0.25) is 0 Å². The van der Waals surface area contributed by atoms with Crippen molar-refractivity contribution in [2.24, 2.45) is 17.8 Å². The average molecular weight is 479 g/mol. The molecule has 0 amide bonds. The molecule has 0 aliphatic rings. The third-order valence-electron chi connectivity index (χ3n) is 5.32. The van der Waals surface area contributed by atoms with E-state index in [2.05, 4.69) is 77.9 Å². The zero-order chi connectivity index (χ0) is 24.5. The van der Waals surface area contributed by atoms with Crippen molar-refractivity contribution in [1.82, 2.24) is 0 Å². The summed E-state index contributed by atoms with van der Waals surface area (Å²) in [6, 6.07) is 24.6. The van der Waals surface area contributed by atoms with Crippen molar-refractivity contribution in [2.75, 3.05) is 0 Å². The first-order chi connectivity index (χ1) is 16.3. The number of hydrogen-bond acceptors (Lipinski definition) is 3. The Kier molecular flexibility index (Phi) is 9.84. The Morgan fingerprint density at radius 2 is 0.735 bits per heavy atom. The highest BCUT2D eigenvalue weighted by molar-refractivity contribution is 7.43. The fourth-order valence-electron chi connectivity index (χ4n) is 3.90. The van der Waals surface area contributed by atoms with Crippen molar-refractivity contribution in [2.45, 2.75) is 60.8 Å². The van der Waals surface area contributed by atoms with Crippen LogP contribution in [0, 0.1) is 17.8 Å². The second-order valence-electron chi connectivity index (χ2n) is 10.1. The van der Waals surface area contributed by atoms with Crippen LogP contribution in [0.25, 0.3) is 0 Å². The van der Waals surface area contributed by atoms with Gasteiger partial charge in [0.1, 0.15) is 17.2 Å². The molecule has 0 fully saturated rings. The van der Waals surface area contributed by atoms with Gasteiger partial charge in [-0.15, -0.1) is 0 Å². The zero-order valence-corrected chi connectivity index (χ0v) is 22.3. The van der Waals surface area contributed by atoms with Crippen molar-refractivity contribution < 1.29 is 13.6 Å². The molecule has 0 N–H and O–H groups in total. The maximum Gasteiger partial charge on any atom is 0.530 e. The van der Waals surface area contributed by atoms with Gasteiger partial charge >= 0.3 is 8.60 Å². The van der Waals surface area contributed by atoms with E-state index >= 15 is 0 Å². The number of benzene rings is 3. The normalized spacial score (nSPS) is 11.5. The monoisotopic (exact) mass is 478 g/mol. The molecule has 0 radical (unpaired) electrons. The molecule has 0 aliphatic carbocycles. The van der Waals surface area contributed by atoms with Crippen molar-refractivity contribution >= 4 is 8.60 Å². The summed E-state index contributed by atoms with van der Waals surface area (Å²) < 4.78 is 19.5. The molecule has 3 nitrogen and oxygen atoms in total. The van der Waals surface area contributed by atoms with Gasteiger partial charge in [-0.25, -0.2) is 0 Å². The summed E-state index contributed by atoms with van der Waals surface area (Å²) in [6.45, 7) is 13.3. The maximum atomic E-state index is 6.49. The Bertz CT molecular complexity index is 897. The number of para-hydroxylation sites is 3. The molecule has 182 valence electrons. The smallest absolute Gasteiger partial charge is 0.408 e. The van der Waals surface area contributed by atoms with Crippen LogP contribution in [-0.2, 0) is 19.3 Å². The first kappa shape index (κ1) is 26.1. The van der Waals surface area contributed by atoms with Crippen LogP contribution in [0.3, 0.4) is 0 Å². The summed E-state index contributed by atoms with van der Waals surface area (Å²) in [5.41, 5.74) is 3.51. The molecule has 3 aromatic rings. The highest BCUT2D eigenvalue weighted by atomic mass is 31.2. The lowest BCUT2D eigenvalue weighted by Gasteiger charge is -2.22. The largest absolute Gasteiger partial charge is 0.530 e. The third kappa shape index (κ3) is 8.06. The first-order valence-corrected chi connectivity index (χ1v) is 13.5. The van der Waals surface area contributed by atoms with E-state index in [4.69, 9.17) is 13.6 Å². The van der Waals surface area contributed by atoms with Crippen LogP contribution in [-0.4, -0.2) is 0 Å². The van der Waals surface area contributed by atoms with E-state index in [1.54, 1.807) is 0 Å². The van der Waals surface area contributed by atoms with E-state index in [0.29, 0.717) is 17.8 Å². The van der Waals surface area contributed by atoms with Crippen LogP contribution in [0.1, 0.15) is 58.2 Å². The Labute approximate surface area is 207 Å². The molecule has 0 unspecified atom stereocenters. The van der Waals surface area contributed by atoms with Crippen LogP contribution < -0.4 is 13.6 Å². The van der Waals surface area contributed by atoms with E-state index in [0.717, 1.165) is 36.5 Å². The molecule has 0 atom stereocenters. The molecule has 0 aliphatic heterocycles. The second-order valence-corrected chi connectivity index (χ2v) is 11.1. The summed E-state index contributed by atoms with van der Waals surface area (Å²) in [5.74, 6) is 4.05. The van der Waals surface area contributed by atoms with Gasteiger partial charge < -0.3 is 13.6 Å². The van der Waals surface area contributed by atoms with E-state index in [1.165, 1.54) is 16.7 Å². The van der Waals surface area contributed by atoms with Crippen molar-refractivity contribution in [1.29, 1.82) is 0 Å². The minimum absolute atomic E-state index is 0.524. The van der Waals surface area contributed by atoms with Crippen LogP contribution in [0.5, 0.6) is 17.2 Å². The molecule has 34 heavy (non-hydrogen) atoms. The standard InChI is InChI=1S/C30H39O3P/c1-22(2)19-25-13-7-10-16-28(25)31-34(32-29-17-11-8-14-26(29)20-23(3)4)33-30-18-12-9-15-27(30)21-24(5)6/h7-18,22-24H,19-21H2,1-6H3. The molecule has 0 heterocycles. The first-order valence-electron chi connectivity index (χ1n) is 12.4. The van der Waals surface area contributed by atoms with Gasteiger partial charge in [-0.1, -0.05) is 96.1 Å². The van der Waals surface area contributed by atoms with E-state index in [9.17, 15) is 0 Å². The van der Waals surface area contributed by atoms with Gasteiger partial charge in [-0.2, -0.15) is 0 Å².